The minimum Gasteiger partial charge on any atom is -0.309 e. The van der Waals surface area contributed by atoms with Gasteiger partial charge in [0.1, 0.15) is 0 Å². The van der Waals surface area contributed by atoms with Crippen LogP contribution in [0.15, 0.2) is 176 Å². The highest BCUT2D eigenvalue weighted by atomic mass is 15.1. The van der Waals surface area contributed by atoms with Crippen LogP contribution in [0.2, 0.25) is 0 Å². The van der Waals surface area contributed by atoms with E-state index < -0.39 is 0 Å². The van der Waals surface area contributed by atoms with Gasteiger partial charge in [-0.15, -0.1) is 0 Å². The Balaban J connectivity index is 1.34. The Morgan fingerprint density at radius 3 is 1.92 bits per heavy atom. The Morgan fingerprint density at radius 1 is 0.396 bits per heavy atom. The fourth-order valence-corrected chi connectivity index (χ4v) is 7.96. The molecule has 0 saturated heterocycles. The second kappa shape index (κ2) is 11.1. The number of nitrogens with zero attached hydrogens (tertiary/aromatic N) is 1. The SMILES string of the molecule is CC1(C)c2ccccc2-c2c(-c3ccccc3N(c3cccc(-c4ccccc4)c3)c3cccc4c3ccc3ccccc34)cccc21. The zero-order chi connectivity index (χ0) is 32.2. The molecule has 0 amide bonds. The molecule has 0 atom stereocenters. The normalized spacial score (nSPS) is 13.0. The Labute approximate surface area is 282 Å². The van der Waals surface area contributed by atoms with Crippen LogP contribution in [0, 0.1) is 0 Å². The molecule has 0 fully saturated rings. The number of fused-ring (bicyclic) bond motifs is 6. The van der Waals surface area contributed by atoms with Gasteiger partial charge in [0, 0.05) is 22.1 Å². The highest BCUT2D eigenvalue weighted by Crippen LogP contribution is 2.54. The van der Waals surface area contributed by atoms with Crippen LogP contribution in [0.5, 0.6) is 0 Å². The van der Waals surface area contributed by atoms with Crippen LogP contribution in [-0.4, -0.2) is 0 Å². The molecule has 0 heterocycles. The van der Waals surface area contributed by atoms with Gasteiger partial charge in [-0.1, -0.05) is 166 Å². The van der Waals surface area contributed by atoms with Crippen molar-refractivity contribution in [3.8, 4) is 33.4 Å². The monoisotopic (exact) mass is 613 g/mol. The molecule has 228 valence electrons. The standard InChI is InChI=1S/C47H35N/c1-47(2)42-25-10-8-22-41(42)46-40(24-13-26-43(46)47)38-21-9-11-27-44(38)48(35-19-12-18-34(31-35)32-15-4-3-5-16-32)45-28-14-23-37-36-20-7-6-17-33(36)29-30-39(37)45/h3-31H,1-2H3. The molecule has 1 heteroatoms. The topological polar surface area (TPSA) is 3.24 Å². The van der Waals surface area contributed by atoms with Crippen LogP contribution < -0.4 is 4.90 Å². The number of anilines is 3. The first kappa shape index (κ1) is 28.3. The average molecular weight is 614 g/mol. The number of rotatable bonds is 5. The third-order valence-electron chi connectivity index (χ3n) is 10.3. The second-order valence-electron chi connectivity index (χ2n) is 13.3. The molecular weight excluding hydrogens is 579 g/mol. The van der Waals surface area contributed by atoms with Gasteiger partial charge in [0.05, 0.1) is 11.4 Å². The summed E-state index contributed by atoms with van der Waals surface area (Å²) in [7, 11) is 0. The molecule has 1 aliphatic rings. The fourth-order valence-electron chi connectivity index (χ4n) is 7.96. The average Bonchev–Trinajstić information content (AvgIpc) is 3.39. The van der Waals surface area contributed by atoms with E-state index in [0.29, 0.717) is 0 Å². The van der Waals surface area contributed by atoms with Crippen molar-refractivity contribution in [2.75, 3.05) is 4.90 Å². The summed E-state index contributed by atoms with van der Waals surface area (Å²) >= 11 is 0. The molecule has 0 unspecified atom stereocenters. The molecule has 0 radical (unpaired) electrons. The van der Waals surface area contributed by atoms with Gasteiger partial charge in [0.15, 0.2) is 0 Å². The van der Waals surface area contributed by atoms with Crippen molar-refractivity contribution >= 4 is 38.6 Å². The Hall–Kier alpha value is -5.92. The van der Waals surface area contributed by atoms with Crippen LogP contribution >= 0.6 is 0 Å². The predicted octanol–water partition coefficient (Wildman–Crippen LogP) is 13.1. The van der Waals surface area contributed by atoms with Crippen LogP contribution in [0.3, 0.4) is 0 Å². The lowest BCUT2D eigenvalue weighted by atomic mass is 9.82. The molecule has 0 aliphatic heterocycles. The zero-order valence-electron chi connectivity index (χ0n) is 27.2. The molecule has 48 heavy (non-hydrogen) atoms. The predicted molar refractivity (Wildman–Crippen MR) is 205 cm³/mol. The van der Waals surface area contributed by atoms with Crippen molar-refractivity contribution in [3.05, 3.63) is 187 Å². The molecule has 9 rings (SSSR count). The molecule has 8 aromatic carbocycles. The van der Waals surface area contributed by atoms with Gasteiger partial charge in [-0.2, -0.15) is 0 Å². The van der Waals surface area contributed by atoms with Crippen molar-refractivity contribution < 1.29 is 0 Å². The molecular formula is C47H35N. The molecule has 8 aromatic rings. The second-order valence-corrected chi connectivity index (χ2v) is 13.3. The quantitative estimate of drug-likeness (QED) is 0.175. The van der Waals surface area contributed by atoms with E-state index in [1.54, 1.807) is 0 Å². The summed E-state index contributed by atoms with van der Waals surface area (Å²) in [6.07, 6.45) is 0. The van der Waals surface area contributed by atoms with E-state index in [1.807, 2.05) is 0 Å². The van der Waals surface area contributed by atoms with Gasteiger partial charge in [-0.25, -0.2) is 0 Å². The minimum atomic E-state index is -0.0722. The van der Waals surface area contributed by atoms with E-state index in [9.17, 15) is 0 Å². The minimum absolute atomic E-state index is 0.0722. The van der Waals surface area contributed by atoms with Gasteiger partial charge in [0.2, 0.25) is 0 Å². The molecule has 0 saturated carbocycles. The lowest BCUT2D eigenvalue weighted by molar-refractivity contribution is 0.660. The summed E-state index contributed by atoms with van der Waals surface area (Å²) in [5.74, 6) is 0. The molecule has 1 nitrogen and oxygen atoms in total. The number of hydrogen-bond acceptors (Lipinski definition) is 1. The van der Waals surface area contributed by atoms with Crippen LogP contribution in [-0.2, 0) is 5.41 Å². The summed E-state index contributed by atoms with van der Waals surface area (Å²) in [4.78, 5) is 2.48. The molecule has 0 bridgehead atoms. The lowest BCUT2D eigenvalue weighted by Crippen LogP contribution is -2.15. The molecule has 0 aromatic heterocycles. The maximum atomic E-state index is 2.48. The van der Waals surface area contributed by atoms with E-state index in [1.165, 1.54) is 66.1 Å². The lowest BCUT2D eigenvalue weighted by Gasteiger charge is -2.30. The number of benzene rings is 8. The van der Waals surface area contributed by atoms with Crippen molar-refractivity contribution in [2.24, 2.45) is 0 Å². The van der Waals surface area contributed by atoms with Crippen molar-refractivity contribution in [1.29, 1.82) is 0 Å². The van der Waals surface area contributed by atoms with Crippen LogP contribution in [0.25, 0.3) is 54.9 Å². The smallest absolute Gasteiger partial charge is 0.0540 e. The van der Waals surface area contributed by atoms with Crippen LogP contribution in [0.4, 0.5) is 17.1 Å². The molecule has 0 N–H and O–H groups in total. The summed E-state index contributed by atoms with van der Waals surface area (Å²) in [5.41, 5.74) is 13.7. The van der Waals surface area contributed by atoms with E-state index in [4.69, 9.17) is 0 Å². The highest BCUT2D eigenvalue weighted by Gasteiger charge is 2.37. The Bertz CT molecular complexity index is 2490. The van der Waals surface area contributed by atoms with Crippen LogP contribution in [0.1, 0.15) is 25.0 Å². The van der Waals surface area contributed by atoms with Gasteiger partial charge in [-0.05, 0) is 79.4 Å². The van der Waals surface area contributed by atoms with Gasteiger partial charge >= 0.3 is 0 Å². The number of hydrogen-bond donors (Lipinski definition) is 0. The van der Waals surface area contributed by atoms with Gasteiger partial charge in [0.25, 0.3) is 0 Å². The zero-order valence-corrected chi connectivity index (χ0v) is 27.2. The summed E-state index contributed by atoms with van der Waals surface area (Å²) in [6, 6.07) is 64.4. The van der Waals surface area contributed by atoms with Crippen molar-refractivity contribution in [2.45, 2.75) is 19.3 Å². The highest BCUT2D eigenvalue weighted by molar-refractivity contribution is 6.13. The third-order valence-corrected chi connectivity index (χ3v) is 10.3. The number of para-hydroxylation sites is 1. The first-order valence-electron chi connectivity index (χ1n) is 16.8. The Morgan fingerprint density at radius 2 is 1.02 bits per heavy atom. The van der Waals surface area contributed by atoms with Crippen molar-refractivity contribution in [3.63, 3.8) is 0 Å². The van der Waals surface area contributed by atoms with E-state index in [-0.39, 0.29) is 5.41 Å². The van der Waals surface area contributed by atoms with Crippen molar-refractivity contribution in [1.82, 2.24) is 0 Å². The fraction of sp³-hybridized carbons (Fsp3) is 0.0638. The molecule has 1 aliphatic carbocycles. The summed E-state index contributed by atoms with van der Waals surface area (Å²) in [6.45, 7) is 4.71. The third kappa shape index (κ3) is 4.39. The van der Waals surface area contributed by atoms with Gasteiger partial charge in [-0.3, -0.25) is 0 Å². The largest absolute Gasteiger partial charge is 0.309 e. The van der Waals surface area contributed by atoms with Gasteiger partial charge < -0.3 is 4.90 Å². The maximum absolute atomic E-state index is 2.48. The van der Waals surface area contributed by atoms with E-state index in [0.717, 1.165) is 17.1 Å². The van der Waals surface area contributed by atoms with E-state index in [2.05, 4.69) is 195 Å². The Kier molecular flexibility index (Phi) is 6.55. The first-order valence-corrected chi connectivity index (χ1v) is 16.8. The maximum Gasteiger partial charge on any atom is 0.0540 e. The molecule has 0 spiro atoms. The van der Waals surface area contributed by atoms with E-state index >= 15 is 0 Å². The summed E-state index contributed by atoms with van der Waals surface area (Å²) < 4.78 is 0. The first-order chi connectivity index (χ1) is 23.6. The summed E-state index contributed by atoms with van der Waals surface area (Å²) in [5, 5.41) is 4.99.